The third kappa shape index (κ3) is 2.53. The summed E-state index contributed by atoms with van der Waals surface area (Å²) in [5.41, 5.74) is 8.72. The highest BCUT2D eigenvalue weighted by Crippen LogP contribution is 2.52. The SMILES string of the molecule is CC1(C)CCC(O)(C2(CN)CCc3ccccc3C2)CC1. The molecule has 0 bridgehead atoms. The van der Waals surface area contributed by atoms with Crippen LogP contribution >= 0.6 is 0 Å². The van der Waals surface area contributed by atoms with E-state index in [4.69, 9.17) is 5.73 Å². The van der Waals surface area contributed by atoms with E-state index < -0.39 is 5.60 Å². The van der Waals surface area contributed by atoms with E-state index in [1.165, 1.54) is 11.1 Å². The van der Waals surface area contributed by atoms with E-state index in [-0.39, 0.29) is 5.41 Å². The van der Waals surface area contributed by atoms with E-state index in [0.717, 1.165) is 44.9 Å². The predicted molar refractivity (Wildman–Crippen MR) is 87.2 cm³/mol. The minimum absolute atomic E-state index is 0.127. The van der Waals surface area contributed by atoms with Gasteiger partial charge in [-0.15, -0.1) is 0 Å². The van der Waals surface area contributed by atoms with Crippen LogP contribution in [0.1, 0.15) is 57.1 Å². The maximum Gasteiger partial charge on any atom is 0.0719 e. The molecule has 0 aliphatic heterocycles. The second-order valence-corrected chi connectivity index (χ2v) is 8.13. The lowest BCUT2D eigenvalue weighted by atomic mass is 9.55. The van der Waals surface area contributed by atoms with Crippen molar-refractivity contribution in [1.82, 2.24) is 0 Å². The number of hydrogen-bond donors (Lipinski definition) is 2. The average Bonchev–Trinajstić information content (AvgIpc) is 2.50. The van der Waals surface area contributed by atoms with Gasteiger partial charge in [-0.2, -0.15) is 0 Å². The maximum absolute atomic E-state index is 11.4. The molecule has 3 rings (SSSR count). The Bertz CT molecular complexity index is 512. The first-order valence-electron chi connectivity index (χ1n) is 8.39. The van der Waals surface area contributed by atoms with Crippen molar-refractivity contribution in [2.24, 2.45) is 16.6 Å². The molecule has 0 spiro atoms. The standard InChI is InChI=1S/C19H29NO/c1-17(2)9-11-19(21,12-10-17)18(14-20)8-7-15-5-3-4-6-16(15)13-18/h3-6,21H,7-14,20H2,1-2H3. The van der Waals surface area contributed by atoms with Crippen molar-refractivity contribution < 1.29 is 5.11 Å². The molecule has 2 heteroatoms. The van der Waals surface area contributed by atoms with Crippen LogP contribution in [0.3, 0.4) is 0 Å². The van der Waals surface area contributed by atoms with Crippen molar-refractivity contribution in [1.29, 1.82) is 0 Å². The Hall–Kier alpha value is -0.860. The van der Waals surface area contributed by atoms with Gasteiger partial charge in [0, 0.05) is 12.0 Å². The largest absolute Gasteiger partial charge is 0.389 e. The zero-order chi connectivity index (χ0) is 15.1. The summed E-state index contributed by atoms with van der Waals surface area (Å²) in [7, 11) is 0. The van der Waals surface area contributed by atoms with Crippen LogP contribution in [0, 0.1) is 10.8 Å². The van der Waals surface area contributed by atoms with Crippen LogP contribution in [0.15, 0.2) is 24.3 Å². The fraction of sp³-hybridized carbons (Fsp3) is 0.684. The molecule has 3 N–H and O–H groups in total. The Morgan fingerprint density at radius 1 is 1.00 bits per heavy atom. The molecule has 2 aliphatic rings. The fourth-order valence-corrected chi connectivity index (χ4v) is 4.43. The molecule has 1 aromatic rings. The van der Waals surface area contributed by atoms with Gasteiger partial charge in [0.2, 0.25) is 0 Å². The number of aryl methyl sites for hydroxylation is 1. The number of rotatable bonds is 2. The minimum atomic E-state index is -0.579. The molecular weight excluding hydrogens is 258 g/mol. The summed E-state index contributed by atoms with van der Waals surface area (Å²) < 4.78 is 0. The molecule has 2 nitrogen and oxygen atoms in total. The quantitative estimate of drug-likeness (QED) is 0.875. The van der Waals surface area contributed by atoms with Gasteiger partial charge in [0.1, 0.15) is 0 Å². The summed E-state index contributed by atoms with van der Waals surface area (Å²) in [4.78, 5) is 0. The van der Waals surface area contributed by atoms with Gasteiger partial charge in [-0.1, -0.05) is 38.1 Å². The molecule has 0 saturated heterocycles. The highest BCUT2D eigenvalue weighted by molar-refractivity contribution is 5.32. The molecule has 0 radical (unpaired) electrons. The lowest BCUT2D eigenvalue weighted by Gasteiger charge is -2.53. The zero-order valence-corrected chi connectivity index (χ0v) is 13.5. The summed E-state index contributed by atoms with van der Waals surface area (Å²) in [6, 6.07) is 8.67. The first kappa shape index (κ1) is 15.1. The Labute approximate surface area is 128 Å². The summed E-state index contributed by atoms with van der Waals surface area (Å²) in [6.45, 7) is 5.23. The Morgan fingerprint density at radius 2 is 1.62 bits per heavy atom. The summed E-state index contributed by atoms with van der Waals surface area (Å²) in [5, 5.41) is 11.4. The first-order valence-corrected chi connectivity index (χ1v) is 8.39. The molecule has 1 saturated carbocycles. The second-order valence-electron chi connectivity index (χ2n) is 8.13. The molecule has 1 aromatic carbocycles. The molecule has 1 unspecified atom stereocenters. The van der Waals surface area contributed by atoms with E-state index in [2.05, 4.69) is 38.1 Å². The maximum atomic E-state index is 11.4. The van der Waals surface area contributed by atoms with Crippen LogP contribution in [0.25, 0.3) is 0 Å². The van der Waals surface area contributed by atoms with Crippen molar-refractivity contribution in [2.45, 2.75) is 64.4 Å². The number of hydrogen-bond acceptors (Lipinski definition) is 2. The van der Waals surface area contributed by atoms with Crippen LogP contribution in [0.5, 0.6) is 0 Å². The van der Waals surface area contributed by atoms with Gasteiger partial charge < -0.3 is 10.8 Å². The number of fused-ring (bicyclic) bond motifs is 1. The highest BCUT2D eigenvalue weighted by Gasteiger charge is 2.52. The third-order valence-electron chi connectivity index (χ3n) is 6.33. The van der Waals surface area contributed by atoms with Gasteiger partial charge in [0.25, 0.3) is 0 Å². The lowest BCUT2D eigenvalue weighted by molar-refractivity contribution is -0.127. The van der Waals surface area contributed by atoms with Crippen LogP contribution in [0.4, 0.5) is 0 Å². The van der Waals surface area contributed by atoms with Gasteiger partial charge >= 0.3 is 0 Å². The Kier molecular flexibility index (Phi) is 3.66. The van der Waals surface area contributed by atoms with Crippen LogP contribution in [-0.2, 0) is 12.8 Å². The fourth-order valence-electron chi connectivity index (χ4n) is 4.43. The van der Waals surface area contributed by atoms with Crippen molar-refractivity contribution in [3.8, 4) is 0 Å². The predicted octanol–water partition coefficient (Wildman–Crippen LogP) is 3.45. The zero-order valence-electron chi connectivity index (χ0n) is 13.5. The number of nitrogens with two attached hydrogens (primary N) is 1. The van der Waals surface area contributed by atoms with Gasteiger partial charge in [0.05, 0.1) is 5.60 Å². The minimum Gasteiger partial charge on any atom is -0.389 e. The van der Waals surface area contributed by atoms with Crippen LogP contribution in [0.2, 0.25) is 0 Å². The summed E-state index contributed by atoms with van der Waals surface area (Å²) >= 11 is 0. The lowest BCUT2D eigenvalue weighted by Crippen LogP contribution is -2.57. The van der Waals surface area contributed by atoms with Crippen LogP contribution in [-0.4, -0.2) is 17.3 Å². The Morgan fingerprint density at radius 3 is 2.24 bits per heavy atom. The van der Waals surface area contributed by atoms with Crippen LogP contribution < -0.4 is 5.73 Å². The molecule has 21 heavy (non-hydrogen) atoms. The molecule has 0 amide bonds. The average molecular weight is 287 g/mol. The highest BCUT2D eigenvalue weighted by atomic mass is 16.3. The molecule has 2 aliphatic carbocycles. The first-order chi connectivity index (χ1) is 9.90. The topological polar surface area (TPSA) is 46.2 Å². The van der Waals surface area contributed by atoms with Crippen molar-refractivity contribution in [2.75, 3.05) is 6.54 Å². The van der Waals surface area contributed by atoms with Crippen molar-refractivity contribution >= 4 is 0 Å². The van der Waals surface area contributed by atoms with E-state index in [1.807, 2.05) is 0 Å². The third-order valence-corrected chi connectivity index (χ3v) is 6.33. The Balaban J connectivity index is 1.88. The van der Waals surface area contributed by atoms with Gasteiger partial charge in [-0.25, -0.2) is 0 Å². The van der Waals surface area contributed by atoms with Gasteiger partial charge in [-0.05, 0) is 61.5 Å². The van der Waals surface area contributed by atoms with E-state index >= 15 is 0 Å². The number of aliphatic hydroxyl groups is 1. The molecular formula is C19H29NO. The van der Waals surface area contributed by atoms with Gasteiger partial charge in [0.15, 0.2) is 0 Å². The normalized spacial score (nSPS) is 30.7. The molecule has 0 aromatic heterocycles. The molecule has 116 valence electrons. The molecule has 1 atom stereocenters. The molecule has 0 heterocycles. The monoisotopic (exact) mass is 287 g/mol. The number of benzene rings is 1. The molecule has 1 fully saturated rings. The van der Waals surface area contributed by atoms with Crippen molar-refractivity contribution in [3.05, 3.63) is 35.4 Å². The smallest absolute Gasteiger partial charge is 0.0719 e. The van der Waals surface area contributed by atoms with Crippen molar-refractivity contribution in [3.63, 3.8) is 0 Å². The van der Waals surface area contributed by atoms with E-state index in [0.29, 0.717) is 12.0 Å². The van der Waals surface area contributed by atoms with E-state index in [1.54, 1.807) is 0 Å². The summed E-state index contributed by atoms with van der Waals surface area (Å²) in [6.07, 6.45) is 7.03. The van der Waals surface area contributed by atoms with Gasteiger partial charge in [-0.3, -0.25) is 0 Å². The van der Waals surface area contributed by atoms with E-state index in [9.17, 15) is 5.11 Å². The second kappa shape index (κ2) is 5.10. The summed E-state index contributed by atoms with van der Waals surface area (Å²) in [5.74, 6) is 0.